The van der Waals surface area contributed by atoms with E-state index < -0.39 is 26.5 Å². The summed E-state index contributed by atoms with van der Waals surface area (Å²) in [4.78, 5) is 0. The molecule has 0 saturated carbocycles. The Kier molecular flexibility index (Phi) is 2.57. The number of ether oxygens (including phenoxy) is 1. The first-order valence-electron chi connectivity index (χ1n) is 3.22. The molecule has 1 aliphatic heterocycles. The fourth-order valence-electron chi connectivity index (χ4n) is 1.24. The van der Waals surface area contributed by atoms with Gasteiger partial charge in [0, 0.05) is 7.11 Å². The van der Waals surface area contributed by atoms with Gasteiger partial charge in [-0.3, -0.25) is 0 Å². The fraction of sp³-hybridized carbons (Fsp3) is 1.00. The van der Waals surface area contributed by atoms with Crippen molar-refractivity contribution in [2.75, 3.05) is 24.4 Å². The zero-order valence-corrected chi connectivity index (χ0v) is 8.15. The van der Waals surface area contributed by atoms with Gasteiger partial charge < -0.3 is 9.29 Å². The molecular formula is C5H10O5S2. The summed E-state index contributed by atoms with van der Waals surface area (Å²) in [5, 5.41) is 0. The van der Waals surface area contributed by atoms with Crippen LogP contribution in [0.25, 0.3) is 0 Å². The predicted octanol–water partition coefficient (Wildman–Crippen LogP) is -0.978. The van der Waals surface area contributed by atoms with Crippen molar-refractivity contribution in [3.05, 3.63) is 0 Å². The summed E-state index contributed by atoms with van der Waals surface area (Å²) >= 11 is -2.01. The van der Waals surface area contributed by atoms with Gasteiger partial charge in [-0.05, 0) is 0 Å². The van der Waals surface area contributed by atoms with Crippen LogP contribution in [0.5, 0.6) is 0 Å². The fourth-order valence-corrected chi connectivity index (χ4v) is 4.23. The summed E-state index contributed by atoms with van der Waals surface area (Å²) in [5.41, 5.74) is -0.918. The van der Waals surface area contributed by atoms with Crippen LogP contribution in [0.15, 0.2) is 0 Å². The second-order valence-electron chi connectivity index (χ2n) is 2.89. The minimum atomic E-state index is -3.02. The van der Waals surface area contributed by atoms with Gasteiger partial charge in [-0.15, -0.1) is 0 Å². The molecule has 0 radical (unpaired) electrons. The SMILES string of the molecule is COC1(CS(=O)O)CS(=O)(=O)C1. The van der Waals surface area contributed by atoms with Gasteiger partial charge in [0.2, 0.25) is 0 Å². The highest BCUT2D eigenvalue weighted by molar-refractivity contribution is 7.93. The number of methoxy groups -OCH3 is 1. The van der Waals surface area contributed by atoms with Crippen LogP contribution in [-0.4, -0.2) is 47.1 Å². The van der Waals surface area contributed by atoms with Gasteiger partial charge in [0.1, 0.15) is 5.60 Å². The van der Waals surface area contributed by atoms with Crippen LogP contribution in [0, 0.1) is 0 Å². The van der Waals surface area contributed by atoms with Crippen LogP contribution in [0.3, 0.4) is 0 Å². The molecule has 0 bridgehead atoms. The number of hydrogen-bond donors (Lipinski definition) is 1. The molecule has 5 nitrogen and oxygen atoms in total. The third-order valence-corrected chi connectivity index (χ3v) is 4.49. The van der Waals surface area contributed by atoms with Crippen LogP contribution in [0.1, 0.15) is 0 Å². The van der Waals surface area contributed by atoms with E-state index in [1.54, 1.807) is 0 Å². The van der Waals surface area contributed by atoms with E-state index in [4.69, 9.17) is 9.29 Å². The van der Waals surface area contributed by atoms with Gasteiger partial charge in [0.25, 0.3) is 0 Å². The van der Waals surface area contributed by atoms with Gasteiger partial charge in [-0.25, -0.2) is 12.6 Å². The van der Waals surface area contributed by atoms with E-state index in [-0.39, 0.29) is 17.3 Å². The Morgan fingerprint density at radius 3 is 2.33 bits per heavy atom. The molecule has 1 saturated heterocycles. The molecule has 7 heteroatoms. The molecule has 0 aromatic rings. The number of hydrogen-bond acceptors (Lipinski definition) is 4. The first-order chi connectivity index (χ1) is 5.39. The van der Waals surface area contributed by atoms with Crippen molar-refractivity contribution >= 4 is 20.9 Å². The Labute approximate surface area is 73.3 Å². The summed E-state index contributed by atoms with van der Waals surface area (Å²) in [5.74, 6) is -0.436. The first-order valence-corrected chi connectivity index (χ1v) is 6.32. The van der Waals surface area contributed by atoms with Crippen LogP contribution < -0.4 is 0 Å². The minimum absolute atomic E-state index is 0.136. The third-order valence-electron chi connectivity index (χ3n) is 1.79. The van der Waals surface area contributed by atoms with E-state index in [1.165, 1.54) is 7.11 Å². The maximum Gasteiger partial charge on any atom is 0.156 e. The number of sulfone groups is 1. The van der Waals surface area contributed by atoms with Gasteiger partial charge in [0.15, 0.2) is 20.9 Å². The Bertz CT molecular complexity index is 281. The van der Waals surface area contributed by atoms with Gasteiger partial charge >= 0.3 is 0 Å². The Morgan fingerprint density at radius 1 is 1.58 bits per heavy atom. The maximum atomic E-state index is 10.8. The molecule has 1 unspecified atom stereocenters. The molecule has 0 aromatic carbocycles. The Balaban J connectivity index is 2.65. The normalized spacial score (nSPS) is 27.5. The third kappa shape index (κ3) is 2.03. The molecule has 1 atom stereocenters. The molecule has 1 heterocycles. The molecule has 1 fully saturated rings. The van der Waals surface area contributed by atoms with Crippen LogP contribution in [-0.2, 0) is 25.7 Å². The van der Waals surface area contributed by atoms with E-state index in [9.17, 15) is 12.6 Å². The lowest BCUT2D eigenvalue weighted by atomic mass is 10.1. The predicted molar refractivity (Wildman–Crippen MR) is 44.0 cm³/mol. The molecule has 0 aliphatic carbocycles. The highest BCUT2D eigenvalue weighted by Gasteiger charge is 2.50. The molecule has 0 aromatic heterocycles. The zero-order valence-electron chi connectivity index (χ0n) is 6.52. The molecule has 0 amide bonds. The monoisotopic (exact) mass is 214 g/mol. The number of rotatable bonds is 3. The summed E-state index contributed by atoms with van der Waals surface area (Å²) in [6.45, 7) is 0. The maximum absolute atomic E-state index is 10.8. The van der Waals surface area contributed by atoms with Crippen molar-refractivity contribution in [2.45, 2.75) is 5.60 Å². The van der Waals surface area contributed by atoms with Crippen LogP contribution >= 0.6 is 0 Å². The van der Waals surface area contributed by atoms with E-state index in [0.29, 0.717) is 0 Å². The second-order valence-corrected chi connectivity index (χ2v) is 5.88. The quantitative estimate of drug-likeness (QED) is 0.611. The lowest BCUT2D eigenvalue weighted by Gasteiger charge is -2.38. The minimum Gasteiger partial charge on any atom is -0.375 e. The smallest absolute Gasteiger partial charge is 0.156 e. The summed E-state index contributed by atoms with van der Waals surface area (Å²) in [7, 11) is -1.67. The van der Waals surface area contributed by atoms with Crippen molar-refractivity contribution < 1.29 is 21.9 Å². The average Bonchev–Trinajstić information content (AvgIpc) is 1.81. The molecule has 72 valence electrons. The van der Waals surface area contributed by atoms with E-state index >= 15 is 0 Å². The molecular weight excluding hydrogens is 204 g/mol. The molecule has 12 heavy (non-hydrogen) atoms. The van der Waals surface area contributed by atoms with E-state index in [1.807, 2.05) is 0 Å². The van der Waals surface area contributed by atoms with Crippen LogP contribution in [0.2, 0.25) is 0 Å². The average molecular weight is 214 g/mol. The molecule has 1 rings (SSSR count). The lowest BCUT2D eigenvalue weighted by molar-refractivity contribution is 0.0353. The van der Waals surface area contributed by atoms with Gasteiger partial charge in [-0.1, -0.05) is 0 Å². The molecule has 1 aliphatic rings. The standard InChI is InChI=1S/C5H10O5S2/c1-10-5(2-11(6)7)3-12(8,9)4-5/h2-4H2,1H3,(H,6,7). The molecule has 1 N–H and O–H groups in total. The van der Waals surface area contributed by atoms with Crippen molar-refractivity contribution in [1.29, 1.82) is 0 Å². The van der Waals surface area contributed by atoms with Gasteiger partial charge in [-0.2, -0.15) is 0 Å². The van der Waals surface area contributed by atoms with Crippen molar-refractivity contribution in [3.63, 3.8) is 0 Å². The topological polar surface area (TPSA) is 80.7 Å². The second kappa shape index (κ2) is 3.06. The summed E-state index contributed by atoms with van der Waals surface area (Å²) in [6, 6.07) is 0. The largest absolute Gasteiger partial charge is 0.375 e. The Morgan fingerprint density at radius 2 is 2.08 bits per heavy atom. The van der Waals surface area contributed by atoms with Crippen LogP contribution in [0.4, 0.5) is 0 Å². The summed E-state index contributed by atoms with van der Waals surface area (Å²) in [6.07, 6.45) is 0. The highest BCUT2D eigenvalue weighted by Crippen LogP contribution is 2.27. The lowest BCUT2D eigenvalue weighted by Crippen LogP contribution is -2.59. The van der Waals surface area contributed by atoms with Gasteiger partial charge in [0.05, 0.1) is 17.3 Å². The summed E-state index contributed by atoms with van der Waals surface area (Å²) < 4.78 is 45.4. The Hall–Kier alpha value is 0.0200. The molecule has 0 spiro atoms. The zero-order chi connectivity index (χ0) is 9.41. The first kappa shape index (κ1) is 10.1. The van der Waals surface area contributed by atoms with Crippen molar-refractivity contribution in [2.24, 2.45) is 0 Å². The van der Waals surface area contributed by atoms with Crippen molar-refractivity contribution in [3.8, 4) is 0 Å². The van der Waals surface area contributed by atoms with E-state index in [2.05, 4.69) is 0 Å². The highest BCUT2D eigenvalue weighted by atomic mass is 32.2. The van der Waals surface area contributed by atoms with E-state index in [0.717, 1.165) is 0 Å². The van der Waals surface area contributed by atoms with Crippen molar-refractivity contribution in [1.82, 2.24) is 0 Å².